The van der Waals surface area contributed by atoms with E-state index in [1.807, 2.05) is 46.8 Å². The Hall–Kier alpha value is -1.79. The molecular weight excluding hydrogens is 442 g/mol. The van der Waals surface area contributed by atoms with E-state index in [2.05, 4.69) is 10.2 Å². The number of benzene rings is 1. The summed E-state index contributed by atoms with van der Waals surface area (Å²) < 4.78 is 1.84. The Bertz CT molecular complexity index is 1090. The lowest BCUT2D eigenvalue weighted by molar-refractivity contribution is -0.124. The first-order chi connectivity index (χ1) is 16.6. The van der Waals surface area contributed by atoms with Crippen LogP contribution in [0.4, 0.5) is 5.69 Å². The number of fused-ring (bicyclic) bond motifs is 1. The van der Waals surface area contributed by atoms with Gasteiger partial charge < -0.3 is 14.8 Å². The van der Waals surface area contributed by atoms with E-state index in [1.54, 1.807) is 0 Å². The molecule has 5 fully saturated rings. The van der Waals surface area contributed by atoms with Crippen molar-refractivity contribution < 1.29 is 4.79 Å². The summed E-state index contributed by atoms with van der Waals surface area (Å²) in [7, 11) is 0. The minimum Gasteiger partial charge on any atom is -0.325 e. The van der Waals surface area contributed by atoms with Crippen LogP contribution in [0.25, 0.3) is 10.8 Å². The number of nitrogens with zero attached hydrogens (tertiary/aromatic N) is 2. The van der Waals surface area contributed by atoms with Crippen LogP contribution in [-0.4, -0.2) is 46.5 Å². The highest BCUT2D eigenvalue weighted by molar-refractivity contribution is 7.99. The van der Waals surface area contributed by atoms with E-state index < -0.39 is 0 Å². The van der Waals surface area contributed by atoms with Crippen LogP contribution in [0.1, 0.15) is 51.4 Å². The van der Waals surface area contributed by atoms with Crippen molar-refractivity contribution in [1.29, 1.82) is 0 Å². The monoisotopic (exact) mass is 479 g/mol. The van der Waals surface area contributed by atoms with Gasteiger partial charge in [0.1, 0.15) is 0 Å². The number of aryl methyl sites for hydroxylation is 1. The molecule has 34 heavy (non-hydrogen) atoms. The summed E-state index contributed by atoms with van der Waals surface area (Å²) in [5.41, 5.74) is 1.05. The van der Waals surface area contributed by atoms with E-state index in [-0.39, 0.29) is 16.9 Å². The van der Waals surface area contributed by atoms with E-state index >= 15 is 0 Å². The maximum atomic E-state index is 13.2. The number of aromatic nitrogens is 1. The molecule has 1 amide bonds. The minimum absolute atomic E-state index is 0.0453. The molecule has 4 saturated carbocycles. The summed E-state index contributed by atoms with van der Waals surface area (Å²) >= 11 is 2.03. The van der Waals surface area contributed by atoms with Crippen LogP contribution in [0.2, 0.25) is 0 Å². The largest absolute Gasteiger partial charge is 0.325 e. The van der Waals surface area contributed by atoms with Gasteiger partial charge in [0.05, 0.1) is 0 Å². The van der Waals surface area contributed by atoms with E-state index in [9.17, 15) is 9.59 Å². The molecule has 1 aliphatic heterocycles. The second-order valence-corrected chi connectivity index (χ2v) is 12.8. The number of rotatable bonds is 7. The smallest absolute Gasteiger partial charge is 0.258 e. The molecule has 1 aromatic carbocycles. The average Bonchev–Trinajstić information content (AvgIpc) is 2.80. The number of hydrogen-bond acceptors (Lipinski definition) is 4. The van der Waals surface area contributed by atoms with Gasteiger partial charge in [0.2, 0.25) is 5.91 Å². The van der Waals surface area contributed by atoms with Crippen LogP contribution in [0.15, 0.2) is 35.3 Å². The van der Waals surface area contributed by atoms with Crippen LogP contribution in [0.3, 0.4) is 0 Å². The quantitative estimate of drug-likeness (QED) is 0.608. The number of pyridine rings is 1. The molecule has 1 saturated heterocycles. The van der Waals surface area contributed by atoms with Crippen molar-refractivity contribution in [3.63, 3.8) is 0 Å². The van der Waals surface area contributed by atoms with Crippen molar-refractivity contribution >= 4 is 34.1 Å². The Morgan fingerprint density at radius 3 is 2.38 bits per heavy atom. The first kappa shape index (κ1) is 22.7. The standard InChI is InChI=1S/C28H37N3O2S/c32-26(19-28-16-20-13-21(17-28)15-22(14-20)18-28)29-25-4-1-3-24-23(25)5-8-31(27(24)33)7-2-6-30-9-11-34-12-10-30/h1,3-5,8,20-22H,2,6-7,9-19H2,(H,29,32). The molecule has 5 aliphatic rings. The van der Waals surface area contributed by atoms with Crippen LogP contribution in [0.5, 0.6) is 0 Å². The van der Waals surface area contributed by atoms with Crippen molar-refractivity contribution in [2.75, 3.05) is 36.5 Å². The van der Waals surface area contributed by atoms with E-state index in [0.29, 0.717) is 11.8 Å². The number of hydrogen-bond donors (Lipinski definition) is 1. The molecule has 0 spiro atoms. The summed E-state index contributed by atoms with van der Waals surface area (Å²) in [6.45, 7) is 4.10. The number of nitrogens with one attached hydrogen (secondary N) is 1. The summed E-state index contributed by atoms with van der Waals surface area (Å²) in [6, 6.07) is 7.75. The molecule has 0 unspecified atom stereocenters. The lowest BCUT2D eigenvalue weighted by atomic mass is 9.49. The van der Waals surface area contributed by atoms with Gasteiger partial charge in [-0.15, -0.1) is 0 Å². The molecular formula is C28H37N3O2S. The zero-order valence-electron chi connectivity index (χ0n) is 20.1. The Kier molecular flexibility index (Phi) is 6.23. The molecule has 0 radical (unpaired) electrons. The van der Waals surface area contributed by atoms with Crippen molar-refractivity contribution in [3.05, 3.63) is 40.8 Å². The molecule has 4 bridgehead atoms. The van der Waals surface area contributed by atoms with Crippen LogP contribution in [-0.2, 0) is 11.3 Å². The molecule has 1 N–H and O–H groups in total. The fourth-order valence-electron chi connectivity index (χ4n) is 7.93. The SMILES string of the molecule is O=C(CC12CC3CC(CC(C3)C1)C2)Nc1cccc2c(=O)n(CCCN3CCSCC3)ccc12. The molecule has 2 aromatic rings. The Morgan fingerprint density at radius 2 is 1.68 bits per heavy atom. The molecule has 5 nitrogen and oxygen atoms in total. The molecule has 7 rings (SSSR count). The summed E-state index contributed by atoms with van der Waals surface area (Å²) in [5, 5.41) is 4.75. The van der Waals surface area contributed by atoms with Gasteiger partial charge in [-0.25, -0.2) is 0 Å². The Morgan fingerprint density at radius 1 is 0.971 bits per heavy atom. The normalized spacial score (nSPS) is 30.6. The van der Waals surface area contributed by atoms with Gasteiger partial charge in [-0.2, -0.15) is 11.8 Å². The minimum atomic E-state index is 0.0453. The van der Waals surface area contributed by atoms with E-state index in [0.717, 1.165) is 61.4 Å². The fourth-order valence-corrected chi connectivity index (χ4v) is 8.91. The Labute approximate surface area is 206 Å². The van der Waals surface area contributed by atoms with Gasteiger partial charge in [0.25, 0.3) is 5.56 Å². The highest BCUT2D eigenvalue weighted by Gasteiger charge is 2.51. The zero-order valence-corrected chi connectivity index (χ0v) is 21.0. The third-order valence-electron chi connectivity index (χ3n) is 8.97. The van der Waals surface area contributed by atoms with E-state index in [4.69, 9.17) is 0 Å². The highest BCUT2D eigenvalue weighted by atomic mass is 32.2. The molecule has 0 atom stereocenters. The number of thioether (sulfide) groups is 1. The summed E-state index contributed by atoms with van der Waals surface area (Å²) in [6.07, 6.45) is 11.4. The second kappa shape index (κ2) is 9.34. The van der Waals surface area contributed by atoms with Crippen molar-refractivity contribution in [3.8, 4) is 0 Å². The van der Waals surface area contributed by atoms with Gasteiger partial charge >= 0.3 is 0 Å². The first-order valence-electron chi connectivity index (χ1n) is 13.3. The molecule has 6 heteroatoms. The molecule has 1 aromatic heterocycles. The fraction of sp³-hybridized carbons (Fsp3) is 0.643. The highest BCUT2D eigenvalue weighted by Crippen LogP contribution is 2.61. The molecule has 4 aliphatic carbocycles. The van der Waals surface area contributed by atoms with Crippen LogP contribution < -0.4 is 10.9 Å². The van der Waals surface area contributed by atoms with Crippen molar-refractivity contribution in [1.82, 2.24) is 9.47 Å². The first-order valence-corrected chi connectivity index (χ1v) is 14.4. The number of anilines is 1. The maximum Gasteiger partial charge on any atom is 0.258 e. The average molecular weight is 480 g/mol. The van der Waals surface area contributed by atoms with Gasteiger partial charge in [-0.1, -0.05) is 6.07 Å². The predicted molar refractivity (Wildman–Crippen MR) is 140 cm³/mol. The van der Waals surface area contributed by atoms with E-state index in [1.165, 1.54) is 50.0 Å². The number of amides is 1. The van der Waals surface area contributed by atoms with Gasteiger partial charge in [-0.05, 0) is 92.9 Å². The van der Waals surface area contributed by atoms with Crippen LogP contribution in [0, 0.1) is 23.2 Å². The Balaban J connectivity index is 1.13. The topological polar surface area (TPSA) is 54.3 Å². The molecule has 182 valence electrons. The third-order valence-corrected chi connectivity index (χ3v) is 9.91. The summed E-state index contributed by atoms with van der Waals surface area (Å²) in [4.78, 5) is 28.9. The zero-order chi connectivity index (χ0) is 23.1. The predicted octanol–water partition coefficient (Wildman–Crippen LogP) is 4.99. The second-order valence-electron chi connectivity index (χ2n) is 11.5. The number of carbonyl (C=O) groups excluding carboxylic acids is 1. The summed E-state index contributed by atoms with van der Waals surface area (Å²) in [5.74, 6) is 5.11. The lowest BCUT2D eigenvalue weighted by Gasteiger charge is -2.56. The molecule has 2 heterocycles. The van der Waals surface area contributed by atoms with Gasteiger partial charge in [-0.3, -0.25) is 9.59 Å². The third kappa shape index (κ3) is 4.56. The van der Waals surface area contributed by atoms with Crippen molar-refractivity contribution in [2.45, 2.75) is 57.9 Å². The van der Waals surface area contributed by atoms with Crippen LogP contribution >= 0.6 is 11.8 Å². The van der Waals surface area contributed by atoms with Gasteiger partial charge in [0, 0.05) is 60.2 Å². The van der Waals surface area contributed by atoms with Gasteiger partial charge in [0.15, 0.2) is 0 Å². The van der Waals surface area contributed by atoms with Crippen molar-refractivity contribution in [2.24, 2.45) is 23.2 Å². The number of carbonyl (C=O) groups is 1. The maximum absolute atomic E-state index is 13.2. The lowest BCUT2D eigenvalue weighted by Crippen LogP contribution is -2.47.